The number of methoxy groups -OCH3 is 1. The van der Waals surface area contributed by atoms with E-state index in [1.54, 1.807) is 16.8 Å². The van der Waals surface area contributed by atoms with Gasteiger partial charge < -0.3 is 10.1 Å². The maximum Gasteiger partial charge on any atom is 0.243 e. The third-order valence-corrected chi connectivity index (χ3v) is 3.87. The summed E-state index contributed by atoms with van der Waals surface area (Å²) in [4.78, 5) is 4.42. The molecule has 0 aliphatic carbocycles. The van der Waals surface area contributed by atoms with Crippen LogP contribution >= 0.6 is 0 Å². The first-order valence-electron chi connectivity index (χ1n) is 7.78. The summed E-state index contributed by atoms with van der Waals surface area (Å²) < 4.78 is 20.6. The molecule has 0 radical (unpaired) electrons. The van der Waals surface area contributed by atoms with Crippen molar-refractivity contribution in [2.24, 2.45) is 7.05 Å². The van der Waals surface area contributed by atoms with Crippen molar-refractivity contribution in [3.63, 3.8) is 0 Å². The standard InChI is InChI=1S/C17H19FN6O/c1-10(13-9-24(3)23-11(13)2)20-17-21-15(8-19-22-17)12-5-6-16(25-4)14(18)7-12/h5-10H,1-4H3,(H,20,21,22). The molecule has 8 heteroatoms. The van der Waals surface area contributed by atoms with Gasteiger partial charge in [-0.1, -0.05) is 0 Å². The Morgan fingerprint density at radius 3 is 2.76 bits per heavy atom. The maximum atomic E-state index is 13.9. The molecule has 0 saturated heterocycles. The van der Waals surface area contributed by atoms with Crippen LogP contribution in [-0.2, 0) is 7.05 Å². The van der Waals surface area contributed by atoms with Crippen LogP contribution in [0.3, 0.4) is 0 Å². The molecule has 1 aromatic carbocycles. The molecule has 0 spiro atoms. The topological polar surface area (TPSA) is 77.8 Å². The number of aromatic nitrogens is 5. The van der Waals surface area contributed by atoms with Crippen LogP contribution in [0.1, 0.15) is 24.2 Å². The fraction of sp³-hybridized carbons (Fsp3) is 0.294. The second-order valence-corrected chi connectivity index (χ2v) is 5.72. The summed E-state index contributed by atoms with van der Waals surface area (Å²) in [5, 5.41) is 15.5. The van der Waals surface area contributed by atoms with E-state index in [1.807, 2.05) is 27.1 Å². The van der Waals surface area contributed by atoms with Crippen LogP contribution in [-0.4, -0.2) is 32.1 Å². The summed E-state index contributed by atoms with van der Waals surface area (Å²) in [7, 11) is 3.30. The third-order valence-electron chi connectivity index (χ3n) is 3.87. The molecule has 2 aromatic heterocycles. The number of ether oxygens (including phenoxy) is 1. The van der Waals surface area contributed by atoms with Crippen LogP contribution < -0.4 is 10.1 Å². The Kier molecular flexibility index (Phi) is 4.60. The number of hydrogen-bond acceptors (Lipinski definition) is 6. The van der Waals surface area contributed by atoms with Gasteiger partial charge in [0.05, 0.1) is 30.7 Å². The molecule has 1 unspecified atom stereocenters. The van der Waals surface area contributed by atoms with Crippen molar-refractivity contribution in [3.8, 4) is 17.0 Å². The van der Waals surface area contributed by atoms with E-state index < -0.39 is 5.82 Å². The molecule has 0 aliphatic rings. The molecule has 3 rings (SSSR count). The molecule has 2 heterocycles. The smallest absolute Gasteiger partial charge is 0.243 e. The Balaban J connectivity index is 1.84. The monoisotopic (exact) mass is 342 g/mol. The number of anilines is 1. The van der Waals surface area contributed by atoms with Gasteiger partial charge in [-0.2, -0.15) is 10.2 Å². The summed E-state index contributed by atoms with van der Waals surface area (Å²) >= 11 is 0. The van der Waals surface area contributed by atoms with Crippen molar-refractivity contribution in [1.82, 2.24) is 25.0 Å². The van der Waals surface area contributed by atoms with Crippen LogP contribution in [0.25, 0.3) is 11.3 Å². The summed E-state index contributed by atoms with van der Waals surface area (Å²) in [6.07, 6.45) is 3.44. The SMILES string of the molecule is COc1ccc(-c2cnnc(NC(C)c3cn(C)nc3C)n2)cc1F. The Bertz CT molecular complexity index is 895. The molecule has 0 aliphatic heterocycles. The van der Waals surface area contributed by atoms with Crippen molar-refractivity contribution in [2.45, 2.75) is 19.9 Å². The van der Waals surface area contributed by atoms with Crippen LogP contribution in [0.4, 0.5) is 10.3 Å². The number of rotatable bonds is 5. The highest BCUT2D eigenvalue weighted by atomic mass is 19.1. The Morgan fingerprint density at radius 1 is 1.32 bits per heavy atom. The van der Waals surface area contributed by atoms with Crippen LogP contribution in [0, 0.1) is 12.7 Å². The summed E-state index contributed by atoms with van der Waals surface area (Å²) in [6, 6.07) is 4.60. The summed E-state index contributed by atoms with van der Waals surface area (Å²) in [5.74, 6) is 0.0988. The van der Waals surface area contributed by atoms with Gasteiger partial charge in [-0.05, 0) is 32.0 Å². The Labute approximate surface area is 144 Å². The Hall–Kier alpha value is -3.03. The van der Waals surface area contributed by atoms with E-state index in [0.29, 0.717) is 17.2 Å². The first-order chi connectivity index (χ1) is 12.0. The lowest BCUT2D eigenvalue weighted by molar-refractivity contribution is 0.386. The number of halogens is 1. The van der Waals surface area contributed by atoms with Crippen LogP contribution in [0.2, 0.25) is 0 Å². The van der Waals surface area contributed by atoms with Crippen LogP contribution in [0.15, 0.2) is 30.6 Å². The zero-order valence-corrected chi connectivity index (χ0v) is 14.5. The number of benzene rings is 1. The van der Waals surface area contributed by atoms with Gasteiger partial charge in [-0.15, -0.1) is 5.10 Å². The van der Waals surface area contributed by atoms with E-state index in [-0.39, 0.29) is 11.8 Å². The molecule has 1 atom stereocenters. The molecule has 7 nitrogen and oxygen atoms in total. The van der Waals surface area contributed by atoms with E-state index in [0.717, 1.165) is 11.3 Å². The van der Waals surface area contributed by atoms with Gasteiger partial charge in [-0.25, -0.2) is 9.37 Å². The fourth-order valence-electron chi connectivity index (χ4n) is 2.64. The molecule has 1 N–H and O–H groups in total. The predicted molar refractivity (Wildman–Crippen MR) is 91.8 cm³/mol. The number of hydrogen-bond donors (Lipinski definition) is 1. The minimum Gasteiger partial charge on any atom is -0.494 e. The lowest BCUT2D eigenvalue weighted by atomic mass is 10.1. The third kappa shape index (κ3) is 3.57. The van der Waals surface area contributed by atoms with Gasteiger partial charge >= 0.3 is 0 Å². The normalized spacial score (nSPS) is 12.0. The van der Waals surface area contributed by atoms with Gasteiger partial charge in [0.1, 0.15) is 0 Å². The molecular weight excluding hydrogens is 323 g/mol. The number of nitrogens with one attached hydrogen (secondary N) is 1. The fourth-order valence-corrected chi connectivity index (χ4v) is 2.64. The van der Waals surface area contributed by atoms with E-state index in [2.05, 4.69) is 25.6 Å². The molecule has 0 bridgehead atoms. The van der Waals surface area contributed by atoms with E-state index in [9.17, 15) is 4.39 Å². The molecule has 3 aromatic rings. The zero-order valence-electron chi connectivity index (χ0n) is 14.5. The van der Waals surface area contributed by atoms with Crippen molar-refractivity contribution >= 4 is 5.95 Å². The average Bonchev–Trinajstić information content (AvgIpc) is 2.93. The molecule has 0 fully saturated rings. The van der Waals surface area contributed by atoms with Crippen molar-refractivity contribution < 1.29 is 9.13 Å². The van der Waals surface area contributed by atoms with Gasteiger partial charge in [0, 0.05) is 24.4 Å². The second-order valence-electron chi connectivity index (χ2n) is 5.72. The molecule has 0 saturated carbocycles. The molecular formula is C17H19FN6O. The highest BCUT2D eigenvalue weighted by Crippen LogP contribution is 2.25. The maximum absolute atomic E-state index is 13.9. The minimum absolute atomic E-state index is 0.0432. The predicted octanol–water partition coefficient (Wildman–Crippen LogP) is 2.90. The van der Waals surface area contributed by atoms with Crippen LogP contribution in [0.5, 0.6) is 5.75 Å². The first-order valence-corrected chi connectivity index (χ1v) is 7.78. The first kappa shape index (κ1) is 16.8. The quantitative estimate of drug-likeness (QED) is 0.768. The van der Waals surface area contributed by atoms with E-state index >= 15 is 0 Å². The van der Waals surface area contributed by atoms with Gasteiger partial charge in [0.15, 0.2) is 11.6 Å². The Morgan fingerprint density at radius 2 is 2.12 bits per heavy atom. The largest absolute Gasteiger partial charge is 0.494 e. The van der Waals surface area contributed by atoms with Crippen molar-refractivity contribution in [3.05, 3.63) is 47.7 Å². The second kappa shape index (κ2) is 6.84. The minimum atomic E-state index is -0.451. The molecule has 25 heavy (non-hydrogen) atoms. The number of nitrogens with zero attached hydrogens (tertiary/aromatic N) is 5. The van der Waals surface area contributed by atoms with Gasteiger partial charge in [-0.3, -0.25) is 4.68 Å². The van der Waals surface area contributed by atoms with Gasteiger partial charge in [0.2, 0.25) is 5.95 Å². The zero-order chi connectivity index (χ0) is 18.0. The summed E-state index contributed by atoms with van der Waals surface area (Å²) in [5.41, 5.74) is 3.10. The highest BCUT2D eigenvalue weighted by molar-refractivity contribution is 5.60. The van der Waals surface area contributed by atoms with E-state index in [4.69, 9.17) is 4.74 Å². The summed E-state index contributed by atoms with van der Waals surface area (Å²) in [6.45, 7) is 3.94. The lowest BCUT2D eigenvalue weighted by Gasteiger charge is -2.13. The average molecular weight is 342 g/mol. The van der Waals surface area contributed by atoms with Gasteiger partial charge in [0.25, 0.3) is 0 Å². The van der Waals surface area contributed by atoms with Crippen molar-refractivity contribution in [2.75, 3.05) is 12.4 Å². The number of aryl methyl sites for hydroxylation is 2. The highest BCUT2D eigenvalue weighted by Gasteiger charge is 2.14. The lowest BCUT2D eigenvalue weighted by Crippen LogP contribution is -2.11. The molecule has 130 valence electrons. The molecule has 0 amide bonds. The van der Waals surface area contributed by atoms with Crippen molar-refractivity contribution in [1.29, 1.82) is 0 Å². The van der Waals surface area contributed by atoms with E-state index in [1.165, 1.54) is 19.4 Å².